The summed E-state index contributed by atoms with van der Waals surface area (Å²) in [5.41, 5.74) is -3.16. The monoisotopic (exact) mass is 952 g/mol. The Kier molecular flexibility index (Phi) is 18.3. The fourth-order valence-corrected chi connectivity index (χ4v) is 12.1. The Morgan fingerprint density at radius 2 is 1.62 bits per heavy atom. The number of hydrogen-bond acceptors (Lipinski definition) is 17. The second-order valence-corrected chi connectivity index (χ2v) is 21.1. The number of rotatable bonds is 13. The van der Waals surface area contributed by atoms with Crippen molar-refractivity contribution in [2.45, 2.75) is 185 Å². The number of hydrogen-bond donors (Lipinski definition) is 3. The zero-order valence-electron chi connectivity index (χ0n) is 41.4. The fourth-order valence-electron chi connectivity index (χ4n) is 10.8. The first-order valence-corrected chi connectivity index (χ1v) is 24.5. The van der Waals surface area contributed by atoms with Crippen LogP contribution in [-0.4, -0.2) is 161 Å². The molecule has 4 fully saturated rings. The average Bonchev–Trinajstić information content (AvgIpc) is 3.55. The maximum Gasteiger partial charge on any atom is 0.320 e. The molecule has 19 atom stereocenters. The van der Waals surface area contributed by atoms with Gasteiger partial charge in [0.2, 0.25) is 5.91 Å². The Bertz CT molecular complexity index is 1810. The van der Waals surface area contributed by atoms with E-state index in [2.05, 4.69) is 10.3 Å². The van der Waals surface area contributed by atoms with E-state index in [0.29, 0.717) is 12.1 Å². The lowest BCUT2D eigenvalue weighted by atomic mass is 9.70. The average molecular weight is 952 g/mol. The molecule has 1 amide bonds. The molecule has 0 saturated carbocycles. The zero-order chi connectivity index (χ0) is 49.1. The summed E-state index contributed by atoms with van der Waals surface area (Å²) in [6.45, 7) is 18.1. The minimum absolute atomic E-state index is 0.107. The predicted molar refractivity (Wildman–Crippen MR) is 245 cm³/mol. The smallest absolute Gasteiger partial charge is 0.320 e. The van der Waals surface area contributed by atoms with Crippen LogP contribution in [0.15, 0.2) is 24.4 Å². The van der Waals surface area contributed by atoms with Crippen molar-refractivity contribution < 1.29 is 67.3 Å². The Balaban J connectivity index is 1.58. The number of nitrogens with zero attached hydrogens (tertiary/aromatic N) is 2. The first-order valence-electron chi connectivity index (χ1n) is 23.4. The summed E-state index contributed by atoms with van der Waals surface area (Å²) in [7, 11) is 6.80. The molecule has 0 aromatic carbocycles. The van der Waals surface area contributed by atoms with E-state index in [9.17, 15) is 24.6 Å². The quantitative estimate of drug-likeness (QED) is 0.238. The lowest BCUT2D eigenvalue weighted by molar-refractivity contribution is -0.319. The van der Waals surface area contributed by atoms with E-state index in [-0.39, 0.29) is 55.4 Å². The van der Waals surface area contributed by atoms with Crippen LogP contribution in [0.1, 0.15) is 101 Å². The number of thioether (sulfide) groups is 1. The van der Waals surface area contributed by atoms with Crippen molar-refractivity contribution in [3.05, 3.63) is 30.1 Å². The second-order valence-electron chi connectivity index (χ2n) is 19.9. The Hall–Kier alpha value is -2.78. The third-order valence-electron chi connectivity index (χ3n) is 14.9. The van der Waals surface area contributed by atoms with Crippen LogP contribution in [0.5, 0.6) is 0 Å². The van der Waals surface area contributed by atoms with Gasteiger partial charge in [-0.2, -0.15) is 0 Å². The normalized spacial score (nSPS) is 42.8. The number of ether oxygens (including phenoxy) is 8. The van der Waals surface area contributed by atoms with Crippen LogP contribution in [0.2, 0.25) is 0 Å². The van der Waals surface area contributed by atoms with Gasteiger partial charge < -0.3 is 58.3 Å². The molecule has 0 radical (unpaired) electrons. The van der Waals surface area contributed by atoms with Gasteiger partial charge in [0.15, 0.2) is 18.2 Å². The number of carbonyl (C=O) groups excluding carboxylic acids is 4. The first-order chi connectivity index (χ1) is 30.9. The lowest BCUT2D eigenvalue weighted by Crippen LogP contribution is -2.61. The number of likely N-dealkylation sites (N-methyl/N-ethyl adjacent to an activating group) is 1. The van der Waals surface area contributed by atoms with Crippen LogP contribution in [-0.2, 0) is 63.6 Å². The van der Waals surface area contributed by atoms with Gasteiger partial charge in [0.25, 0.3) is 0 Å². The number of ketones is 1. The summed E-state index contributed by atoms with van der Waals surface area (Å²) < 4.78 is 51.4. The van der Waals surface area contributed by atoms with Gasteiger partial charge in [-0.15, -0.1) is 11.8 Å². The van der Waals surface area contributed by atoms with Gasteiger partial charge in [0.05, 0.1) is 59.5 Å². The number of amides is 1. The van der Waals surface area contributed by atoms with Gasteiger partial charge in [0.1, 0.15) is 29.3 Å². The summed E-state index contributed by atoms with van der Waals surface area (Å²) in [5, 5.41) is 24.8. The van der Waals surface area contributed by atoms with Crippen molar-refractivity contribution >= 4 is 35.4 Å². The summed E-state index contributed by atoms with van der Waals surface area (Å²) in [4.78, 5) is 63.4. The molecule has 1 aromatic heterocycles. The van der Waals surface area contributed by atoms with E-state index in [1.165, 1.54) is 14.2 Å². The minimum Gasteiger partial charge on any atom is -0.458 e. The number of Topliss-reactive ketones (excluding diaryl/α,β-unsaturated/α-hetero) is 1. The van der Waals surface area contributed by atoms with E-state index >= 15 is 4.79 Å². The highest BCUT2D eigenvalue weighted by atomic mass is 32.2. The summed E-state index contributed by atoms with van der Waals surface area (Å²) in [5.74, 6) is -6.05. The standard InChI is InChI=1S/C48H77N3O14S/c1-15-33-48(10)36(40(44(57)65-48)66-24-34(52)50-23-31-18-16-17-19-49-31)27(4)37(53)25(2)21-47(9,59-14)42(64-45-38(54)32(51(11)12)20-26(3)60-45)28(5)39(29(6)43(56)62-33)63-35-22-46(8,58-13)41(55)30(7)61-35/h16-19,25-30,32-33,35-36,38-42,45,54-55H,15,20-24H2,1-14H3,(H,50,52)/t25-,26-,27?,28+,29-,30-,32+,33-,35+,36?,38-,39+,40?,41+,42-,45+,46-,47-,48-/m1/s1. The Labute approximate surface area is 395 Å². The van der Waals surface area contributed by atoms with Crippen LogP contribution in [0, 0.1) is 29.6 Å². The molecule has 66 heavy (non-hydrogen) atoms. The number of esters is 2. The largest absolute Gasteiger partial charge is 0.458 e. The molecule has 4 aliphatic rings. The number of nitrogens with one attached hydrogen (secondary N) is 1. The highest BCUT2D eigenvalue weighted by molar-refractivity contribution is 8.01. The fraction of sp³-hybridized carbons (Fsp3) is 0.812. The number of fused-ring (bicyclic) bond motifs is 1. The zero-order valence-corrected chi connectivity index (χ0v) is 42.2. The lowest BCUT2D eigenvalue weighted by Gasteiger charge is -2.50. The molecule has 17 nitrogen and oxygen atoms in total. The Morgan fingerprint density at radius 1 is 0.939 bits per heavy atom. The molecule has 3 N–H and O–H groups in total. The van der Waals surface area contributed by atoms with Crippen molar-refractivity contribution in [1.29, 1.82) is 0 Å². The molecule has 0 aliphatic carbocycles. The number of aliphatic hydroxyl groups excluding tert-OH is 2. The van der Waals surface area contributed by atoms with Crippen LogP contribution in [0.25, 0.3) is 0 Å². The van der Waals surface area contributed by atoms with Crippen molar-refractivity contribution in [3.8, 4) is 0 Å². The van der Waals surface area contributed by atoms with Crippen LogP contribution >= 0.6 is 11.8 Å². The van der Waals surface area contributed by atoms with Crippen molar-refractivity contribution in [1.82, 2.24) is 15.2 Å². The highest BCUT2D eigenvalue weighted by Gasteiger charge is 2.62. The van der Waals surface area contributed by atoms with E-state index < -0.39 is 113 Å². The van der Waals surface area contributed by atoms with Gasteiger partial charge in [0, 0.05) is 56.6 Å². The topological polar surface area (TPSA) is 211 Å². The van der Waals surface area contributed by atoms with Gasteiger partial charge in [-0.25, -0.2) is 0 Å². The van der Waals surface area contributed by atoms with Crippen molar-refractivity contribution in [2.24, 2.45) is 29.6 Å². The van der Waals surface area contributed by atoms with Crippen LogP contribution in [0.4, 0.5) is 0 Å². The van der Waals surface area contributed by atoms with E-state index in [4.69, 9.17) is 37.9 Å². The van der Waals surface area contributed by atoms with Crippen molar-refractivity contribution in [2.75, 3.05) is 34.1 Å². The molecule has 18 heteroatoms. The number of aliphatic hydroxyl groups is 2. The maximum absolute atomic E-state index is 15.0. The number of aromatic nitrogens is 1. The van der Waals surface area contributed by atoms with E-state index in [0.717, 1.165) is 11.8 Å². The third kappa shape index (κ3) is 11.6. The molecule has 5 rings (SSSR count). The summed E-state index contributed by atoms with van der Waals surface area (Å²) >= 11 is 1.09. The van der Waals surface area contributed by atoms with Crippen LogP contribution in [0.3, 0.4) is 0 Å². The maximum atomic E-state index is 15.0. The van der Waals surface area contributed by atoms with Gasteiger partial charge in [-0.05, 0) is 87.0 Å². The predicted octanol–water partition coefficient (Wildman–Crippen LogP) is 4.07. The van der Waals surface area contributed by atoms with Gasteiger partial charge in [-0.1, -0.05) is 33.8 Å². The molecule has 4 aliphatic heterocycles. The van der Waals surface area contributed by atoms with E-state index in [1.54, 1.807) is 52.9 Å². The first kappa shape index (κ1) is 54.2. The summed E-state index contributed by atoms with van der Waals surface area (Å²) in [6.07, 6.45) is -5.60. The number of carbonyl (C=O) groups is 4. The molecular weight excluding hydrogens is 875 g/mol. The molecule has 3 unspecified atom stereocenters. The molecule has 0 spiro atoms. The SMILES string of the molecule is CC[C@H]1OC(=O)[C@H](C)[C@@H](O[C@H]2C[C@@](C)(OC)[C@@H](O)[C@@H](C)O2)[C@H](C)[C@@H](O[C@@H]2O[C@H](C)C[C@H](N(C)C)[C@H]2O)[C@](C)(OC)C[C@@H](C)C(=O)C(C)C2C(SCC(=O)NCc3ccccn3)C(=O)O[C@@]21C. The van der Waals surface area contributed by atoms with Crippen molar-refractivity contribution in [3.63, 3.8) is 0 Å². The number of methoxy groups -OCH3 is 2. The molecule has 5 heterocycles. The molecule has 4 saturated heterocycles. The second kappa shape index (κ2) is 22.3. The highest BCUT2D eigenvalue weighted by Crippen LogP contribution is 2.49. The molecule has 374 valence electrons. The Morgan fingerprint density at radius 3 is 2.23 bits per heavy atom. The molecular formula is C48H77N3O14S. The summed E-state index contributed by atoms with van der Waals surface area (Å²) in [6, 6.07) is 5.09. The van der Waals surface area contributed by atoms with Crippen LogP contribution < -0.4 is 5.32 Å². The molecule has 1 aromatic rings. The number of pyridine rings is 1. The van der Waals surface area contributed by atoms with Gasteiger partial charge >= 0.3 is 11.9 Å². The number of cyclic esters (lactones) is 1. The third-order valence-corrected chi connectivity index (χ3v) is 16.1. The molecule has 0 bridgehead atoms. The van der Waals surface area contributed by atoms with Gasteiger partial charge in [-0.3, -0.25) is 24.2 Å². The minimum atomic E-state index is -1.48. The van der Waals surface area contributed by atoms with E-state index in [1.807, 2.05) is 59.7 Å².